The molecule has 0 amide bonds. The second kappa shape index (κ2) is 6.22. The third-order valence-electron chi connectivity index (χ3n) is 4.26. The lowest BCUT2D eigenvalue weighted by molar-refractivity contribution is -0.000286. The number of rotatable bonds is 5. The number of hydrogen-bond donors (Lipinski definition) is 3. The number of nitrogens with two attached hydrogens (primary N) is 1. The molecule has 0 bridgehead atoms. The van der Waals surface area contributed by atoms with Crippen molar-refractivity contribution in [1.29, 1.82) is 0 Å². The lowest BCUT2D eigenvalue weighted by atomic mass is 10.0. The minimum atomic E-state index is -2.57. The molecule has 0 aromatic carbocycles. The van der Waals surface area contributed by atoms with Gasteiger partial charge in [-0.15, -0.1) is 0 Å². The molecule has 4 N–H and O–H groups in total. The van der Waals surface area contributed by atoms with Crippen LogP contribution in [0.3, 0.4) is 0 Å². The number of hydrogen-bond acceptors (Lipinski definition) is 4. The third kappa shape index (κ3) is 3.31. The second-order valence-electron chi connectivity index (χ2n) is 6.18. The first-order valence-corrected chi connectivity index (χ1v) is 7.54. The molecule has 21 heavy (non-hydrogen) atoms. The average molecular weight is 301 g/mol. The molecule has 6 heteroatoms. The first-order chi connectivity index (χ1) is 9.89. The fraction of sp³-hybridized carbons (Fsp3) is 0.733. The van der Waals surface area contributed by atoms with E-state index in [9.17, 15) is 13.9 Å². The highest BCUT2D eigenvalue weighted by Gasteiger charge is 2.46. The molecule has 2 rings (SSSR count). The maximum Gasteiger partial charge on any atom is 0.248 e. The van der Waals surface area contributed by atoms with Gasteiger partial charge in [0.05, 0.1) is 12.3 Å². The minimum absolute atomic E-state index is 0.00285. The summed E-state index contributed by atoms with van der Waals surface area (Å²) in [5.41, 5.74) is 7.40. The molecule has 2 unspecified atom stereocenters. The van der Waals surface area contributed by atoms with Crippen molar-refractivity contribution < 1.29 is 13.9 Å². The van der Waals surface area contributed by atoms with Gasteiger partial charge in [0.15, 0.2) is 0 Å². The lowest BCUT2D eigenvalue weighted by Crippen LogP contribution is -2.44. The van der Waals surface area contributed by atoms with Crippen LogP contribution in [0.1, 0.15) is 33.1 Å². The van der Waals surface area contributed by atoms with Gasteiger partial charge < -0.3 is 21.1 Å². The Morgan fingerprint density at radius 3 is 2.71 bits per heavy atom. The lowest BCUT2D eigenvalue weighted by Gasteiger charge is -2.33. The zero-order valence-corrected chi connectivity index (χ0v) is 12.6. The Labute approximate surface area is 124 Å². The number of nitrogens with one attached hydrogen (secondary N) is 1. The standard InChI is InChI=1S/C15H25F2N3O/c1-10(2)13-12(4-6-18)19-14(20(13)7-8-21)11-3-5-15(16,17)9-11/h4,6,10-11,14,19,21H,3,5,7-9,18H2,1-2H3/b6-4-. The molecule has 0 spiro atoms. The zero-order valence-electron chi connectivity index (χ0n) is 12.6. The number of alkyl halides is 2. The highest BCUT2D eigenvalue weighted by molar-refractivity contribution is 5.30. The van der Waals surface area contributed by atoms with Crippen molar-refractivity contribution in [2.45, 2.75) is 45.2 Å². The molecular formula is C15H25F2N3O. The first-order valence-electron chi connectivity index (χ1n) is 7.54. The average Bonchev–Trinajstić information content (AvgIpc) is 2.91. The predicted molar refractivity (Wildman–Crippen MR) is 78.2 cm³/mol. The van der Waals surface area contributed by atoms with Crippen LogP contribution in [0.15, 0.2) is 23.7 Å². The van der Waals surface area contributed by atoms with Crippen LogP contribution in [0.2, 0.25) is 0 Å². The molecule has 1 aliphatic heterocycles. The van der Waals surface area contributed by atoms with Crippen LogP contribution in [0.5, 0.6) is 0 Å². The van der Waals surface area contributed by atoms with Crippen molar-refractivity contribution in [2.24, 2.45) is 17.6 Å². The van der Waals surface area contributed by atoms with Crippen LogP contribution in [0.4, 0.5) is 8.78 Å². The summed E-state index contributed by atoms with van der Waals surface area (Å²) < 4.78 is 27.0. The van der Waals surface area contributed by atoms with Gasteiger partial charge in [0.1, 0.15) is 6.17 Å². The summed E-state index contributed by atoms with van der Waals surface area (Å²) >= 11 is 0. The van der Waals surface area contributed by atoms with E-state index in [0.29, 0.717) is 13.0 Å². The molecule has 1 heterocycles. The van der Waals surface area contributed by atoms with Gasteiger partial charge in [-0.2, -0.15) is 0 Å². The van der Waals surface area contributed by atoms with Crippen molar-refractivity contribution in [3.8, 4) is 0 Å². The molecule has 1 fully saturated rings. The van der Waals surface area contributed by atoms with Gasteiger partial charge in [0, 0.05) is 31.0 Å². The van der Waals surface area contributed by atoms with Crippen molar-refractivity contribution in [1.82, 2.24) is 10.2 Å². The van der Waals surface area contributed by atoms with E-state index in [2.05, 4.69) is 19.2 Å². The highest BCUT2D eigenvalue weighted by atomic mass is 19.3. The summed E-state index contributed by atoms with van der Waals surface area (Å²) in [6, 6.07) is 0. The van der Waals surface area contributed by atoms with E-state index in [4.69, 9.17) is 5.73 Å². The molecule has 120 valence electrons. The summed E-state index contributed by atoms with van der Waals surface area (Å²) in [6.07, 6.45) is 3.38. The molecule has 1 aliphatic carbocycles. The number of nitrogens with zero attached hydrogens (tertiary/aromatic N) is 1. The van der Waals surface area contributed by atoms with E-state index in [-0.39, 0.29) is 37.5 Å². The summed E-state index contributed by atoms with van der Waals surface area (Å²) in [5.74, 6) is -2.46. The molecule has 4 nitrogen and oxygen atoms in total. The maximum atomic E-state index is 13.5. The topological polar surface area (TPSA) is 61.5 Å². The van der Waals surface area contributed by atoms with Gasteiger partial charge in [-0.1, -0.05) is 13.8 Å². The molecular weight excluding hydrogens is 276 g/mol. The predicted octanol–water partition coefficient (Wildman–Crippen LogP) is 1.99. The highest BCUT2D eigenvalue weighted by Crippen LogP contribution is 2.43. The fourth-order valence-corrected chi connectivity index (χ4v) is 3.48. The Morgan fingerprint density at radius 2 is 2.24 bits per heavy atom. The van der Waals surface area contributed by atoms with Gasteiger partial charge in [-0.05, 0) is 24.6 Å². The van der Waals surface area contributed by atoms with Crippen LogP contribution in [-0.4, -0.2) is 35.2 Å². The smallest absolute Gasteiger partial charge is 0.248 e. The molecule has 2 aliphatic rings. The van der Waals surface area contributed by atoms with Crippen LogP contribution in [0.25, 0.3) is 0 Å². The van der Waals surface area contributed by atoms with E-state index >= 15 is 0 Å². The number of halogens is 2. The Morgan fingerprint density at radius 1 is 1.52 bits per heavy atom. The van der Waals surface area contributed by atoms with E-state index in [1.165, 1.54) is 6.20 Å². The normalized spacial score (nSPS) is 29.0. The third-order valence-corrected chi connectivity index (χ3v) is 4.26. The Bertz CT molecular complexity index is 435. The van der Waals surface area contributed by atoms with E-state index in [1.807, 2.05) is 4.90 Å². The van der Waals surface area contributed by atoms with Gasteiger partial charge in [-0.25, -0.2) is 8.78 Å². The first kappa shape index (κ1) is 16.1. The van der Waals surface area contributed by atoms with Crippen molar-refractivity contribution >= 4 is 0 Å². The van der Waals surface area contributed by atoms with Crippen molar-refractivity contribution in [3.05, 3.63) is 23.7 Å². The zero-order chi connectivity index (χ0) is 15.6. The second-order valence-corrected chi connectivity index (χ2v) is 6.18. The quantitative estimate of drug-likeness (QED) is 0.727. The van der Waals surface area contributed by atoms with E-state index in [1.54, 1.807) is 6.08 Å². The Kier molecular flexibility index (Phi) is 4.76. The maximum absolute atomic E-state index is 13.5. The number of aliphatic hydroxyl groups is 1. The van der Waals surface area contributed by atoms with Crippen LogP contribution in [0, 0.1) is 11.8 Å². The number of aliphatic hydroxyl groups excluding tert-OH is 1. The summed E-state index contributed by atoms with van der Waals surface area (Å²) in [5, 5.41) is 12.7. The van der Waals surface area contributed by atoms with E-state index < -0.39 is 5.92 Å². The van der Waals surface area contributed by atoms with Crippen molar-refractivity contribution in [3.63, 3.8) is 0 Å². The SMILES string of the molecule is CC(C)C1=C(/C=C\N)NC(C2CCC(F)(F)C2)N1CCO. The number of β-amino-alcohol motifs (C(OH)–C–C–N with tert-alkyl or cyclic N) is 1. The Balaban J connectivity index is 2.24. The minimum Gasteiger partial charge on any atom is -0.405 e. The Hall–Kier alpha value is -1.30. The van der Waals surface area contributed by atoms with Gasteiger partial charge in [-0.3, -0.25) is 0 Å². The molecule has 0 radical (unpaired) electrons. The van der Waals surface area contributed by atoms with E-state index in [0.717, 1.165) is 11.4 Å². The number of allylic oxidation sites excluding steroid dienone is 2. The summed E-state index contributed by atoms with van der Waals surface area (Å²) in [6.45, 7) is 4.54. The summed E-state index contributed by atoms with van der Waals surface area (Å²) in [7, 11) is 0. The molecule has 1 saturated carbocycles. The van der Waals surface area contributed by atoms with Crippen molar-refractivity contribution in [2.75, 3.05) is 13.2 Å². The van der Waals surface area contributed by atoms with Gasteiger partial charge >= 0.3 is 0 Å². The van der Waals surface area contributed by atoms with Crippen LogP contribution < -0.4 is 11.1 Å². The fourth-order valence-electron chi connectivity index (χ4n) is 3.48. The van der Waals surface area contributed by atoms with Gasteiger partial charge in [0.2, 0.25) is 5.92 Å². The molecule has 0 saturated heterocycles. The summed E-state index contributed by atoms with van der Waals surface area (Å²) in [4.78, 5) is 2.03. The van der Waals surface area contributed by atoms with Gasteiger partial charge in [0.25, 0.3) is 0 Å². The molecule has 0 aromatic rings. The van der Waals surface area contributed by atoms with Crippen LogP contribution >= 0.6 is 0 Å². The largest absolute Gasteiger partial charge is 0.405 e. The molecule has 0 aromatic heterocycles. The monoisotopic (exact) mass is 301 g/mol. The van der Waals surface area contributed by atoms with Crippen LogP contribution in [-0.2, 0) is 0 Å². The molecule has 2 atom stereocenters.